The van der Waals surface area contributed by atoms with E-state index in [4.69, 9.17) is 0 Å². The lowest BCUT2D eigenvalue weighted by Gasteiger charge is -2.07. The SMILES string of the molecule is CC(C)CC(=O)c1ccc(S(=O)(=O)Cc2ccccc2)cc1. The van der Waals surface area contributed by atoms with Gasteiger partial charge in [0.05, 0.1) is 10.6 Å². The molecule has 0 fully saturated rings. The summed E-state index contributed by atoms with van der Waals surface area (Å²) < 4.78 is 24.8. The maximum atomic E-state index is 12.4. The number of benzene rings is 2. The van der Waals surface area contributed by atoms with Gasteiger partial charge < -0.3 is 0 Å². The van der Waals surface area contributed by atoms with Gasteiger partial charge in [0.25, 0.3) is 0 Å². The highest BCUT2D eigenvalue weighted by Gasteiger charge is 2.16. The van der Waals surface area contributed by atoms with Crippen LogP contribution in [0.15, 0.2) is 59.5 Å². The number of carbonyl (C=O) groups excluding carboxylic acids is 1. The molecule has 0 aromatic heterocycles. The van der Waals surface area contributed by atoms with Crippen LogP contribution in [-0.4, -0.2) is 14.2 Å². The summed E-state index contributed by atoms with van der Waals surface area (Å²) in [5.74, 6) is 0.295. The second-order valence-corrected chi connectivity index (χ2v) is 7.78. The number of sulfone groups is 1. The molecule has 0 aliphatic heterocycles. The van der Waals surface area contributed by atoms with Crippen molar-refractivity contribution in [3.8, 4) is 0 Å². The van der Waals surface area contributed by atoms with Crippen molar-refractivity contribution in [3.05, 3.63) is 65.7 Å². The third-order valence-electron chi connectivity index (χ3n) is 3.33. The molecule has 0 saturated heterocycles. The van der Waals surface area contributed by atoms with Crippen LogP contribution in [0.2, 0.25) is 0 Å². The predicted octanol–water partition coefficient (Wildman–Crippen LogP) is 3.89. The summed E-state index contributed by atoms with van der Waals surface area (Å²) in [6.45, 7) is 3.97. The normalized spacial score (nSPS) is 11.6. The lowest BCUT2D eigenvalue weighted by atomic mass is 10.0. The molecule has 2 aromatic rings. The van der Waals surface area contributed by atoms with Crippen molar-refractivity contribution in [2.75, 3.05) is 0 Å². The summed E-state index contributed by atoms with van der Waals surface area (Å²) in [6, 6.07) is 15.3. The Morgan fingerprint density at radius 3 is 2.09 bits per heavy atom. The second kappa shape index (κ2) is 6.88. The van der Waals surface area contributed by atoms with E-state index in [0.717, 1.165) is 5.56 Å². The number of Topliss-reactive ketones (excluding diaryl/α,β-unsaturated/α-hetero) is 1. The van der Waals surface area contributed by atoms with E-state index in [1.807, 2.05) is 32.0 Å². The first-order valence-corrected chi connectivity index (χ1v) is 8.93. The Hall–Kier alpha value is -1.94. The van der Waals surface area contributed by atoms with Crippen molar-refractivity contribution in [2.24, 2.45) is 5.92 Å². The van der Waals surface area contributed by atoms with Crippen LogP contribution in [-0.2, 0) is 15.6 Å². The van der Waals surface area contributed by atoms with Gasteiger partial charge in [-0.25, -0.2) is 8.42 Å². The van der Waals surface area contributed by atoms with Gasteiger partial charge in [0.2, 0.25) is 0 Å². The number of ketones is 1. The predicted molar refractivity (Wildman–Crippen MR) is 87.6 cm³/mol. The van der Waals surface area contributed by atoms with Gasteiger partial charge in [0.1, 0.15) is 0 Å². The minimum absolute atomic E-state index is 0.0346. The summed E-state index contributed by atoms with van der Waals surface area (Å²) in [4.78, 5) is 12.2. The zero-order valence-electron chi connectivity index (χ0n) is 12.8. The third-order valence-corrected chi connectivity index (χ3v) is 5.03. The maximum absolute atomic E-state index is 12.4. The molecule has 2 rings (SSSR count). The smallest absolute Gasteiger partial charge is 0.182 e. The maximum Gasteiger partial charge on any atom is 0.182 e. The summed E-state index contributed by atoms with van der Waals surface area (Å²) in [6.07, 6.45) is 0.468. The third kappa shape index (κ3) is 4.28. The minimum Gasteiger partial charge on any atom is -0.294 e. The fraction of sp³-hybridized carbons (Fsp3) is 0.278. The zero-order valence-corrected chi connectivity index (χ0v) is 13.6. The molecule has 22 heavy (non-hydrogen) atoms. The van der Waals surface area contributed by atoms with Gasteiger partial charge in [-0.2, -0.15) is 0 Å². The minimum atomic E-state index is -3.39. The van der Waals surface area contributed by atoms with Crippen LogP contribution in [0.5, 0.6) is 0 Å². The van der Waals surface area contributed by atoms with E-state index in [0.29, 0.717) is 12.0 Å². The van der Waals surface area contributed by atoms with Crippen molar-refractivity contribution in [3.63, 3.8) is 0 Å². The van der Waals surface area contributed by atoms with Crippen LogP contribution < -0.4 is 0 Å². The molecule has 0 saturated carbocycles. The summed E-state index contributed by atoms with van der Waals surface area (Å²) in [7, 11) is -3.39. The van der Waals surface area contributed by atoms with Crippen LogP contribution in [0.25, 0.3) is 0 Å². The quantitative estimate of drug-likeness (QED) is 0.760. The first-order chi connectivity index (χ1) is 10.4. The van der Waals surface area contributed by atoms with E-state index in [1.165, 1.54) is 12.1 Å². The lowest BCUT2D eigenvalue weighted by molar-refractivity contribution is 0.0967. The monoisotopic (exact) mass is 316 g/mol. The molecule has 116 valence electrons. The fourth-order valence-corrected chi connectivity index (χ4v) is 3.56. The molecule has 0 N–H and O–H groups in total. The van der Waals surface area contributed by atoms with Gasteiger partial charge in [0, 0.05) is 12.0 Å². The van der Waals surface area contributed by atoms with Crippen LogP contribution in [0.3, 0.4) is 0 Å². The van der Waals surface area contributed by atoms with Crippen LogP contribution in [0.1, 0.15) is 36.2 Å². The molecule has 0 bridgehead atoms. The van der Waals surface area contributed by atoms with E-state index in [-0.39, 0.29) is 22.3 Å². The Morgan fingerprint density at radius 2 is 1.55 bits per heavy atom. The van der Waals surface area contributed by atoms with E-state index in [2.05, 4.69) is 0 Å². The lowest BCUT2D eigenvalue weighted by Crippen LogP contribution is -2.07. The Balaban J connectivity index is 2.17. The van der Waals surface area contributed by atoms with Gasteiger partial charge in [-0.05, 0) is 23.6 Å². The number of rotatable bonds is 6. The van der Waals surface area contributed by atoms with Crippen molar-refractivity contribution in [1.29, 1.82) is 0 Å². The average molecular weight is 316 g/mol. The number of carbonyl (C=O) groups is 1. The van der Waals surface area contributed by atoms with Gasteiger partial charge in [-0.15, -0.1) is 0 Å². The van der Waals surface area contributed by atoms with Crippen LogP contribution >= 0.6 is 0 Å². The Morgan fingerprint density at radius 1 is 0.955 bits per heavy atom. The largest absolute Gasteiger partial charge is 0.294 e. The molecule has 0 atom stereocenters. The Kier molecular flexibility index (Phi) is 5.14. The van der Waals surface area contributed by atoms with E-state index in [1.54, 1.807) is 24.3 Å². The van der Waals surface area contributed by atoms with Gasteiger partial charge in [-0.1, -0.05) is 56.3 Å². The second-order valence-electron chi connectivity index (χ2n) is 5.79. The topological polar surface area (TPSA) is 51.2 Å². The van der Waals surface area contributed by atoms with E-state index in [9.17, 15) is 13.2 Å². The van der Waals surface area contributed by atoms with Crippen LogP contribution in [0.4, 0.5) is 0 Å². The first-order valence-electron chi connectivity index (χ1n) is 7.28. The molecular formula is C18H20O3S. The van der Waals surface area contributed by atoms with Gasteiger partial charge >= 0.3 is 0 Å². The highest BCUT2D eigenvalue weighted by atomic mass is 32.2. The van der Waals surface area contributed by atoms with Crippen LogP contribution in [0, 0.1) is 5.92 Å². The van der Waals surface area contributed by atoms with E-state index < -0.39 is 9.84 Å². The van der Waals surface area contributed by atoms with Crippen molar-refractivity contribution in [1.82, 2.24) is 0 Å². The molecule has 0 spiro atoms. The molecule has 0 aliphatic rings. The highest BCUT2D eigenvalue weighted by Crippen LogP contribution is 2.18. The summed E-state index contributed by atoms with van der Waals surface area (Å²) in [5.41, 5.74) is 1.31. The molecular weight excluding hydrogens is 296 g/mol. The van der Waals surface area contributed by atoms with Crippen molar-refractivity contribution >= 4 is 15.6 Å². The number of hydrogen-bond donors (Lipinski definition) is 0. The highest BCUT2D eigenvalue weighted by molar-refractivity contribution is 7.90. The molecule has 0 unspecified atom stereocenters. The zero-order chi connectivity index (χ0) is 16.2. The van der Waals surface area contributed by atoms with Gasteiger partial charge in [0.15, 0.2) is 15.6 Å². The van der Waals surface area contributed by atoms with E-state index >= 15 is 0 Å². The molecule has 0 heterocycles. The molecule has 0 amide bonds. The molecule has 0 aliphatic carbocycles. The Bertz CT molecular complexity index is 730. The van der Waals surface area contributed by atoms with Crippen molar-refractivity contribution in [2.45, 2.75) is 30.9 Å². The fourth-order valence-electron chi connectivity index (χ4n) is 2.21. The van der Waals surface area contributed by atoms with Crippen molar-refractivity contribution < 1.29 is 13.2 Å². The summed E-state index contributed by atoms with van der Waals surface area (Å²) in [5, 5.41) is 0. The average Bonchev–Trinajstić information content (AvgIpc) is 2.47. The van der Waals surface area contributed by atoms with Gasteiger partial charge in [-0.3, -0.25) is 4.79 Å². The first kappa shape index (κ1) is 16.4. The summed E-state index contributed by atoms with van der Waals surface area (Å²) >= 11 is 0. The molecule has 0 radical (unpaired) electrons. The molecule has 3 nitrogen and oxygen atoms in total. The standard InChI is InChI=1S/C18H20O3S/c1-14(2)12-18(19)16-8-10-17(11-9-16)22(20,21)13-15-6-4-3-5-7-15/h3-11,14H,12-13H2,1-2H3. The molecule has 4 heteroatoms. The molecule has 2 aromatic carbocycles. The number of hydrogen-bond acceptors (Lipinski definition) is 3. The Labute approximate surface area is 131 Å².